The monoisotopic (exact) mass is 309 g/mol. The molecule has 1 fully saturated rings. The van der Waals surface area contributed by atoms with Crippen molar-refractivity contribution in [1.29, 1.82) is 0 Å². The SMILES string of the molecule is CC(C)(Oc1ccc(F)cc1)C(=O)OCC(=O)N1CCCC1. The third-order valence-corrected chi connectivity index (χ3v) is 3.46. The molecule has 2 rings (SSSR count). The summed E-state index contributed by atoms with van der Waals surface area (Å²) < 4.78 is 23.4. The zero-order valence-electron chi connectivity index (χ0n) is 12.8. The van der Waals surface area contributed by atoms with Gasteiger partial charge in [-0.3, -0.25) is 4.79 Å². The summed E-state index contributed by atoms with van der Waals surface area (Å²) in [6.45, 7) is 4.23. The fourth-order valence-electron chi connectivity index (χ4n) is 2.20. The molecule has 1 aromatic rings. The number of benzene rings is 1. The number of hydrogen-bond acceptors (Lipinski definition) is 4. The summed E-state index contributed by atoms with van der Waals surface area (Å²) in [7, 11) is 0. The van der Waals surface area contributed by atoms with E-state index in [-0.39, 0.29) is 18.3 Å². The standard InChI is InChI=1S/C16H20FNO4/c1-16(2,22-13-7-5-12(17)6-8-13)15(20)21-11-14(19)18-9-3-4-10-18/h5-8H,3-4,9-11H2,1-2H3. The van der Waals surface area contributed by atoms with Gasteiger partial charge >= 0.3 is 5.97 Å². The van der Waals surface area contributed by atoms with E-state index in [4.69, 9.17) is 9.47 Å². The lowest BCUT2D eigenvalue weighted by Crippen LogP contribution is -2.42. The summed E-state index contributed by atoms with van der Waals surface area (Å²) in [4.78, 5) is 25.6. The molecule has 1 heterocycles. The van der Waals surface area contributed by atoms with Crippen molar-refractivity contribution in [3.63, 3.8) is 0 Å². The summed E-state index contributed by atoms with van der Waals surface area (Å²) in [5.41, 5.74) is -1.26. The predicted molar refractivity (Wildman–Crippen MR) is 77.9 cm³/mol. The van der Waals surface area contributed by atoms with Gasteiger partial charge in [0.05, 0.1) is 0 Å². The molecule has 5 nitrogen and oxygen atoms in total. The molecular weight excluding hydrogens is 289 g/mol. The van der Waals surface area contributed by atoms with Gasteiger partial charge < -0.3 is 14.4 Å². The fraction of sp³-hybridized carbons (Fsp3) is 0.500. The lowest BCUT2D eigenvalue weighted by molar-refractivity contribution is -0.163. The van der Waals surface area contributed by atoms with Crippen LogP contribution in [0.4, 0.5) is 4.39 Å². The first kappa shape index (κ1) is 16.3. The molecule has 1 amide bonds. The molecule has 1 aliphatic rings. The number of nitrogens with zero attached hydrogens (tertiary/aromatic N) is 1. The van der Waals surface area contributed by atoms with Crippen LogP contribution in [0.5, 0.6) is 5.75 Å². The van der Waals surface area contributed by atoms with Gasteiger partial charge in [0.15, 0.2) is 12.2 Å². The Hall–Kier alpha value is -2.11. The maximum atomic E-state index is 12.8. The summed E-state index contributed by atoms with van der Waals surface area (Å²) in [5, 5.41) is 0. The second-order valence-corrected chi connectivity index (χ2v) is 5.73. The average Bonchev–Trinajstić information content (AvgIpc) is 3.01. The molecule has 1 aromatic carbocycles. The van der Waals surface area contributed by atoms with E-state index in [2.05, 4.69) is 0 Å². The van der Waals surface area contributed by atoms with E-state index in [1.54, 1.807) is 18.7 Å². The molecule has 0 radical (unpaired) electrons. The zero-order valence-corrected chi connectivity index (χ0v) is 12.8. The van der Waals surface area contributed by atoms with Crippen molar-refractivity contribution in [2.75, 3.05) is 19.7 Å². The van der Waals surface area contributed by atoms with Gasteiger partial charge in [-0.05, 0) is 51.0 Å². The Kier molecular flexibility index (Phi) is 5.00. The number of esters is 1. The van der Waals surface area contributed by atoms with Crippen LogP contribution >= 0.6 is 0 Å². The molecule has 0 N–H and O–H groups in total. The molecule has 0 aromatic heterocycles. The van der Waals surface area contributed by atoms with Crippen LogP contribution in [0.1, 0.15) is 26.7 Å². The molecule has 0 unspecified atom stereocenters. The molecule has 1 aliphatic heterocycles. The highest BCUT2D eigenvalue weighted by Crippen LogP contribution is 2.20. The molecule has 120 valence electrons. The van der Waals surface area contributed by atoms with Crippen LogP contribution < -0.4 is 4.74 Å². The highest BCUT2D eigenvalue weighted by Gasteiger charge is 2.33. The molecule has 0 bridgehead atoms. The molecule has 1 saturated heterocycles. The van der Waals surface area contributed by atoms with Gasteiger partial charge in [-0.15, -0.1) is 0 Å². The molecule has 22 heavy (non-hydrogen) atoms. The van der Waals surface area contributed by atoms with E-state index in [0.29, 0.717) is 18.8 Å². The number of hydrogen-bond donors (Lipinski definition) is 0. The lowest BCUT2D eigenvalue weighted by Gasteiger charge is -2.24. The Morgan fingerprint density at radius 3 is 2.36 bits per heavy atom. The second-order valence-electron chi connectivity index (χ2n) is 5.73. The summed E-state index contributed by atoms with van der Waals surface area (Å²) in [6.07, 6.45) is 1.97. The van der Waals surface area contributed by atoms with Gasteiger partial charge in [-0.1, -0.05) is 0 Å². The van der Waals surface area contributed by atoms with Crippen LogP contribution in [0.15, 0.2) is 24.3 Å². The van der Waals surface area contributed by atoms with Crippen molar-refractivity contribution in [2.24, 2.45) is 0 Å². The highest BCUT2D eigenvalue weighted by molar-refractivity contribution is 5.84. The Balaban J connectivity index is 1.86. The van der Waals surface area contributed by atoms with Gasteiger partial charge in [0, 0.05) is 13.1 Å². The number of likely N-dealkylation sites (tertiary alicyclic amines) is 1. The average molecular weight is 309 g/mol. The minimum atomic E-state index is -1.26. The minimum absolute atomic E-state index is 0.191. The van der Waals surface area contributed by atoms with Crippen molar-refractivity contribution >= 4 is 11.9 Å². The van der Waals surface area contributed by atoms with Crippen molar-refractivity contribution in [3.05, 3.63) is 30.1 Å². The molecular formula is C16H20FNO4. The summed E-state index contributed by atoms with van der Waals surface area (Å²) in [6, 6.07) is 5.35. The number of ether oxygens (including phenoxy) is 2. The van der Waals surface area contributed by atoms with Gasteiger partial charge in [0.25, 0.3) is 5.91 Å². The number of amides is 1. The minimum Gasteiger partial charge on any atom is -0.476 e. The summed E-state index contributed by atoms with van der Waals surface area (Å²) in [5.74, 6) is -0.856. The topological polar surface area (TPSA) is 55.8 Å². The van der Waals surface area contributed by atoms with E-state index in [1.807, 2.05) is 0 Å². The Morgan fingerprint density at radius 1 is 1.18 bits per heavy atom. The van der Waals surface area contributed by atoms with Crippen molar-refractivity contribution in [1.82, 2.24) is 4.90 Å². The van der Waals surface area contributed by atoms with Crippen LogP contribution in [0, 0.1) is 5.82 Å². The van der Waals surface area contributed by atoms with Gasteiger partial charge in [-0.25, -0.2) is 9.18 Å². The zero-order chi connectivity index (χ0) is 16.2. The molecule has 0 saturated carbocycles. The molecule has 0 atom stereocenters. The predicted octanol–water partition coefficient (Wildman–Crippen LogP) is 2.15. The fourth-order valence-corrected chi connectivity index (χ4v) is 2.20. The van der Waals surface area contributed by atoms with Gasteiger partial charge in [0.2, 0.25) is 0 Å². The van der Waals surface area contributed by atoms with E-state index in [9.17, 15) is 14.0 Å². The first-order chi connectivity index (χ1) is 10.4. The molecule has 0 aliphatic carbocycles. The van der Waals surface area contributed by atoms with Crippen LogP contribution in [-0.2, 0) is 14.3 Å². The largest absolute Gasteiger partial charge is 0.476 e. The highest BCUT2D eigenvalue weighted by atomic mass is 19.1. The van der Waals surface area contributed by atoms with E-state index in [0.717, 1.165) is 12.8 Å². The third-order valence-electron chi connectivity index (χ3n) is 3.46. The van der Waals surface area contributed by atoms with Crippen LogP contribution in [0.25, 0.3) is 0 Å². The third kappa shape index (κ3) is 4.19. The van der Waals surface area contributed by atoms with Crippen molar-refractivity contribution in [2.45, 2.75) is 32.3 Å². The normalized spacial score (nSPS) is 14.8. The molecule has 6 heteroatoms. The maximum absolute atomic E-state index is 12.8. The van der Waals surface area contributed by atoms with E-state index < -0.39 is 11.6 Å². The number of rotatable bonds is 5. The maximum Gasteiger partial charge on any atom is 0.350 e. The first-order valence-corrected chi connectivity index (χ1v) is 7.28. The number of carbonyl (C=O) groups excluding carboxylic acids is 2. The Bertz CT molecular complexity index is 536. The van der Waals surface area contributed by atoms with Crippen LogP contribution in [-0.4, -0.2) is 42.1 Å². The second kappa shape index (κ2) is 6.77. The van der Waals surface area contributed by atoms with Gasteiger partial charge in [0.1, 0.15) is 11.6 Å². The van der Waals surface area contributed by atoms with Gasteiger partial charge in [-0.2, -0.15) is 0 Å². The van der Waals surface area contributed by atoms with E-state index >= 15 is 0 Å². The Labute approximate surface area is 129 Å². The molecule has 0 spiro atoms. The number of halogens is 1. The lowest BCUT2D eigenvalue weighted by atomic mass is 10.1. The summed E-state index contributed by atoms with van der Waals surface area (Å²) >= 11 is 0. The smallest absolute Gasteiger partial charge is 0.350 e. The van der Waals surface area contributed by atoms with Crippen molar-refractivity contribution < 1.29 is 23.5 Å². The Morgan fingerprint density at radius 2 is 1.77 bits per heavy atom. The quantitative estimate of drug-likeness (QED) is 0.782. The van der Waals surface area contributed by atoms with E-state index in [1.165, 1.54) is 24.3 Å². The van der Waals surface area contributed by atoms with Crippen molar-refractivity contribution in [3.8, 4) is 5.75 Å². The number of carbonyl (C=O) groups is 2. The first-order valence-electron chi connectivity index (χ1n) is 7.28. The van der Waals surface area contributed by atoms with Crippen LogP contribution in [0.3, 0.4) is 0 Å². The van der Waals surface area contributed by atoms with Crippen LogP contribution in [0.2, 0.25) is 0 Å².